The number of carbonyl (C=O) groups excluding carboxylic acids is 1. The molecule has 1 amide bonds. The Balaban J connectivity index is 3.05. The Morgan fingerprint density at radius 3 is 2.42 bits per heavy atom. The largest absolute Gasteiger partial charge is 0.276 e. The second-order valence-corrected chi connectivity index (χ2v) is 5.48. The second-order valence-electron chi connectivity index (χ2n) is 4.69. The van der Waals surface area contributed by atoms with Crippen LogP contribution in [0, 0.1) is 10.1 Å². The van der Waals surface area contributed by atoms with Crippen LogP contribution in [0.1, 0.15) is 31.1 Å². The fourth-order valence-corrected chi connectivity index (χ4v) is 1.51. The van der Waals surface area contributed by atoms with Gasteiger partial charge in [-0.2, -0.15) is 0 Å². The van der Waals surface area contributed by atoms with Crippen molar-refractivity contribution in [1.82, 2.24) is 5.48 Å². The molecule has 0 aromatic heterocycles. The maximum absolute atomic E-state index is 11.8. The first kappa shape index (κ1) is 15.7. The maximum Gasteiger partial charge on any atom is 0.276 e. The van der Waals surface area contributed by atoms with Crippen molar-refractivity contribution in [3.05, 3.63) is 37.9 Å². The molecule has 8 heteroatoms. The van der Waals surface area contributed by atoms with Crippen LogP contribution >= 0.6 is 23.2 Å². The molecule has 0 saturated heterocycles. The summed E-state index contributed by atoms with van der Waals surface area (Å²) in [5.74, 6) is -0.703. The lowest BCUT2D eigenvalue weighted by Gasteiger charge is -2.19. The molecule has 0 saturated carbocycles. The van der Waals surface area contributed by atoms with E-state index in [1.54, 1.807) is 20.8 Å². The lowest BCUT2D eigenvalue weighted by atomic mass is 10.2. The highest BCUT2D eigenvalue weighted by molar-refractivity contribution is 6.44. The fraction of sp³-hybridized carbons (Fsp3) is 0.364. The molecule has 0 aliphatic carbocycles. The predicted octanol–water partition coefficient (Wildman–Crippen LogP) is 3.36. The van der Waals surface area contributed by atoms with Crippen molar-refractivity contribution in [2.24, 2.45) is 0 Å². The van der Waals surface area contributed by atoms with Crippen LogP contribution in [0.3, 0.4) is 0 Å². The Morgan fingerprint density at radius 1 is 1.37 bits per heavy atom. The SMILES string of the molecule is CC(C)(C)ONC(=O)c1cc([N+](=O)[O-])cc(Cl)c1Cl. The lowest BCUT2D eigenvalue weighted by Crippen LogP contribution is -2.33. The number of hydrogen-bond donors (Lipinski definition) is 1. The number of amides is 1. The molecule has 0 bridgehead atoms. The van der Waals surface area contributed by atoms with E-state index in [1.807, 2.05) is 0 Å². The molecule has 104 valence electrons. The van der Waals surface area contributed by atoms with Crippen molar-refractivity contribution < 1.29 is 14.6 Å². The van der Waals surface area contributed by atoms with Gasteiger partial charge in [0.05, 0.1) is 26.1 Å². The number of nitro groups is 1. The molecule has 0 atom stereocenters. The van der Waals surface area contributed by atoms with Gasteiger partial charge in [0, 0.05) is 12.1 Å². The van der Waals surface area contributed by atoms with E-state index in [4.69, 9.17) is 28.0 Å². The summed E-state index contributed by atoms with van der Waals surface area (Å²) in [6.45, 7) is 5.19. The van der Waals surface area contributed by atoms with Crippen LogP contribution in [-0.4, -0.2) is 16.4 Å². The minimum Gasteiger partial charge on any atom is -0.268 e. The number of rotatable bonds is 3. The number of benzene rings is 1. The van der Waals surface area contributed by atoms with Crippen LogP contribution in [0.4, 0.5) is 5.69 Å². The third kappa shape index (κ3) is 4.34. The normalized spacial score (nSPS) is 11.2. The molecule has 1 aromatic rings. The van der Waals surface area contributed by atoms with E-state index >= 15 is 0 Å². The van der Waals surface area contributed by atoms with Gasteiger partial charge in [-0.25, -0.2) is 5.48 Å². The minimum absolute atomic E-state index is 0.0673. The summed E-state index contributed by atoms with van der Waals surface area (Å²) < 4.78 is 0. The zero-order chi connectivity index (χ0) is 14.8. The van der Waals surface area contributed by atoms with Crippen LogP contribution in [-0.2, 0) is 4.84 Å². The zero-order valence-electron chi connectivity index (χ0n) is 10.5. The number of carbonyl (C=O) groups is 1. The highest BCUT2D eigenvalue weighted by Crippen LogP contribution is 2.30. The van der Waals surface area contributed by atoms with Gasteiger partial charge in [0.25, 0.3) is 11.6 Å². The smallest absolute Gasteiger partial charge is 0.268 e. The average molecular weight is 307 g/mol. The Kier molecular flexibility index (Phi) is 4.73. The van der Waals surface area contributed by atoms with Gasteiger partial charge < -0.3 is 0 Å². The summed E-state index contributed by atoms with van der Waals surface area (Å²) in [4.78, 5) is 26.9. The van der Waals surface area contributed by atoms with Gasteiger partial charge in [-0.3, -0.25) is 19.7 Å². The first-order valence-corrected chi connectivity index (χ1v) is 5.99. The summed E-state index contributed by atoms with van der Waals surface area (Å²) in [5.41, 5.74) is 1.12. The second kappa shape index (κ2) is 5.73. The summed E-state index contributed by atoms with van der Waals surface area (Å²) in [7, 11) is 0. The molecule has 0 aliphatic heterocycles. The quantitative estimate of drug-likeness (QED) is 0.685. The van der Waals surface area contributed by atoms with E-state index in [1.165, 1.54) is 0 Å². The Hall–Kier alpha value is -1.37. The molecule has 1 aromatic carbocycles. The van der Waals surface area contributed by atoms with Crippen molar-refractivity contribution in [2.75, 3.05) is 0 Å². The van der Waals surface area contributed by atoms with Crippen molar-refractivity contribution in [1.29, 1.82) is 0 Å². The van der Waals surface area contributed by atoms with Crippen molar-refractivity contribution in [3.8, 4) is 0 Å². The van der Waals surface area contributed by atoms with Crippen LogP contribution in [0.15, 0.2) is 12.1 Å². The first-order chi connectivity index (χ1) is 8.61. The molecule has 0 fully saturated rings. The molecule has 19 heavy (non-hydrogen) atoms. The maximum atomic E-state index is 11.8. The number of nitrogens with one attached hydrogen (secondary N) is 1. The molecule has 0 radical (unpaired) electrons. The third-order valence-corrected chi connectivity index (χ3v) is 2.72. The molecule has 0 unspecified atom stereocenters. The first-order valence-electron chi connectivity index (χ1n) is 5.23. The molecule has 1 N–H and O–H groups in total. The van der Waals surface area contributed by atoms with Gasteiger partial charge in [0.15, 0.2) is 0 Å². The third-order valence-electron chi connectivity index (χ3n) is 1.92. The number of halogens is 2. The monoisotopic (exact) mass is 306 g/mol. The molecular weight excluding hydrogens is 295 g/mol. The van der Waals surface area contributed by atoms with Crippen LogP contribution in [0.25, 0.3) is 0 Å². The average Bonchev–Trinajstić information content (AvgIpc) is 2.28. The van der Waals surface area contributed by atoms with Crippen LogP contribution in [0.5, 0.6) is 0 Å². The number of hydrogen-bond acceptors (Lipinski definition) is 4. The number of nitrogens with zero attached hydrogens (tertiary/aromatic N) is 1. The molecule has 1 rings (SSSR count). The van der Waals surface area contributed by atoms with E-state index in [-0.39, 0.29) is 21.3 Å². The van der Waals surface area contributed by atoms with E-state index in [9.17, 15) is 14.9 Å². The number of non-ortho nitro benzene ring substituents is 1. The Bertz CT molecular complexity index is 526. The summed E-state index contributed by atoms with van der Waals surface area (Å²) in [6.07, 6.45) is 0. The summed E-state index contributed by atoms with van der Waals surface area (Å²) >= 11 is 11.6. The predicted molar refractivity (Wildman–Crippen MR) is 71.4 cm³/mol. The van der Waals surface area contributed by atoms with Gasteiger partial charge in [0.1, 0.15) is 0 Å². The van der Waals surface area contributed by atoms with E-state index < -0.39 is 16.4 Å². The fourth-order valence-electron chi connectivity index (χ4n) is 1.10. The van der Waals surface area contributed by atoms with Crippen molar-refractivity contribution in [3.63, 3.8) is 0 Å². The number of nitro benzene ring substituents is 1. The summed E-state index contributed by atoms with van der Waals surface area (Å²) in [6, 6.07) is 2.11. The van der Waals surface area contributed by atoms with E-state index in [0.717, 1.165) is 12.1 Å². The van der Waals surface area contributed by atoms with Crippen LogP contribution in [0.2, 0.25) is 10.0 Å². The highest BCUT2D eigenvalue weighted by atomic mass is 35.5. The Labute approximate surface area is 119 Å². The molecule has 0 heterocycles. The molecule has 0 aliphatic rings. The van der Waals surface area contributed by atoms with E-state index in [0.29, 0.717) is 0 Å². The standard InChI is InChI=1S/C11H12Cl2N2O4/c1-11(2,3)19-14-10(16)7-4-6(15(17)18)5-8(12)9(7)13/h4-5H,1-3H3,(H,14,16). The lowest BCUT2D eigenvalue weighted by molar-refractivity contribution is -0.384. The zero-order valence-corrected chi connectivity index (χ0v) is 12.0. The molecule has 0 spiro atoms. The highest BCUT2D eigenvalue weighted by Gasteiger charge is 2.21. The van der Waals surface area contributed by atoms with Crippen molar-refractivity contribution >= 4 is 34.8 Å². The van der Waals surface area contributed by atoms with Gasteiger partial charge in [-0.1, -0.05) is 23.2 Å². The Morgan fingerprint density at radius 2 is 1.95 bits per heavy atom. The minimum atomic E-state index is -0.703. The topological polar surface area (TPSA) is 81.5 Å². The van der Waals surface area contributed by atoms with E-state index in [2.05, 4.69) is 5.48 Å². The van der Waals surface area contributed by atoms with Crippen LogP contribution < -0.4 is 5.48 Å². The number of hydroxylamine groups is 1. The van der Waals surface area contributed by atoms with Gasteiger partial charge in [0.2, 0.25) is 0 Å². The summed E-state index contributed by atoms with van der Waals surface area (Å²) in [5, 5.41) is 10.6. The van der Waals surface area contributed by atoms with Gasteiger partial charge in [-0.05, 0) is 20.8 Å². The molecular formula is C11H12Cl2N2O4. The van der Waals surface area contributed by atoms with Gasteiger partial charge in [-0.15, -0.1) is 0 Å². The molecule has 6 nitrogen and oxygen atoms in total. The van der Waals surface area contributed by atoms with Gasteiger partial charge >= 0.3 is 0 Å². The van der Waals surface area contributed by atoms with Crippen molar-refractivity contribution in [2.45, 2.75) is 26.4 Å².